The Morgan fingerprint density at radius 2 is 2.24 bits per heavy atom. The Kier molecular flexibility index (Phi) is 4.39. The van der Waals surface area contributed by atoms with Crippen molar-refractivity contribution >= 4 is 5.91 Å². The molecule has 17 heavy (non-hydrogen) atoms. The molecule has 8 nitrogen and oxygen atoms in total. The van der Waals surface area contributed by atoms with Crippen molar-refractivity contribution in [3.8, 4) is 0 Å². The maximum atomic E-state index is 11.5. The molecular weight excluding hydrogens is 222 g/mol. The van der Waals surface area contributed by atoms with Crippen LogP contribution in [0.5, 0.6) is 0 Å². The van der Waals surface area contributed by atoms with Crippen LogP contribution >= 0.6 is 0 Å². The van der Waals surface area contributed by atoms with E-state index in [2.05, 4.69) is 31.1 Å². The molecule has 1 aliphatic rings. The van der Waals surface area contributed by atoms with E-state index in [0.29, 0.717) is 6.54 Å². The summed E-state index contributed by atoms with van der Waals surface area (Å²) >= 11 is 0. The first-order valence-corrected chi connectivity index (χ1v) is 5.75. The van der Waals surface area contributed by atoms with E-state index in [1.807, 2.05) is 0 Å². The highest BCUT2D eigenvalue weighted by Gasteiger charge is 2.09. The molecule has 1 fully saturated rings. The van der Waals surface area contributed by atoms with Gasteiger partial charge in [0, 0.05) is 39.3 Å². The summed E-state index contributed by atoms with van der Waals surface area (Å²) in [5, 5.41) is 16.7. The number of hydrogen-bond acceptors (Lipinski definition) is 6. The predicted molar refractivity (Wildman–Crippen MR) is 60.1 cm³/mol. The minimum atomic E-state index is -0.0626. The molecule has 1 aliphatic heterocycles. The summed E-state index contributed by atoms with van der Waals surface area (Å²) in [4.78, 5) is 13.8. The SMILES string of the molecule is O=C(Cn1cnnn1)NCCN1CCNCC1. The molecule has 2 heterocycles. The van der Waals surface area contributed by atoms with Crippen molar-refractivity contribution in [2.75, 3.05) is 39.3 Å². The van der Waals surface area contributed by atoms with Crippen LogP contribution in [0.25, 0.3) is 0 Å². The molecular formula is C9H17N7O. The largest absolute Gasteiger partial charge is 0.353 e. The van der Waals surface area contributed by atoms with Gasteiger partial charge in [-0.05, 0) is 10.4 Å². The van der Waals surface area contributed by atoms with Crippen LogP contribution in [0.1, 0.15) is 0 Å². The lowest BCUT2D eigenvalue weighted by molar-refractivity contribution is -0.121. The van der Waals surface area contributed by atoms with Gasteiger partial charge in [0.15, 0.2) is 0 Å². The van der Waals surface area contributed by atoms with Crippen molar-refractivity contribution in [1.29, 1.82) is 0 Å². The molecule has 1 aromatic heterocycles. The summed E-state index contributed by atoms with van der Waals surface area (Å²) < 4.78 is 1.40. The Morgan fingerprint density at radius 1 is 1.41 bits per heavy atom. The molecule has 0 bridgehead atoms. The lowest BCUT2D eigenvalue weighted by Gasteiger charge is -2.27. The van der Waals surface area contributed by atoms with Crippen LogP contribution in [0.2, 0.25) is 0 Å². The normalized spacial score (nSPS) is 16.9. The standard InChI is InChI=1S/C9H17N7O/c17-9(7-16-8-12-13-14-16)11-3-6-15-4-1-10-2-5-15/h8,10H,1-7H2,(H,11,17). The van der Waals surface area contributed by atoms with Gasteiger partial charge >= 0.3 is 0 Å². The van der Waals surface area contributed by atoms with Gasteiger partial charge in [-0.1, -0.05) is 0 Å². The number of carbonyl (C=O) groups excluding carboxylic acids is 1. The second-order valence-corrected chi connectivity index (χ2v) is 3.95. The Bertz CT molecular complexity index is 333. The number of aromatic nitrogens is 4. The minimum Gasteiger partial charge on any atom is -0.353 e. The van der Waals surface area contributed by atoms with E-state index in [1.165, 1.54) is 11.0 Å². The molecule has 1 aromatic rings. The maximum Gasteiger partial charge on any atom is 0.241 e. The summed E-state index contributed by atoms with van der Waals surface area (Å²) in [5.41, 5.74) is 0. The highest BCUT2D eigenvalue weighted by molar-refractivity contribution is 5.75. The molecule has 8 heteroatoms. The first-order chi connectivity index (χ1) is 8.34. The van der Waals surface area contributed by atoms with Gasteiger partial charge in [0.25, 0.3) is 0 Å². The van der Waals surface area contributed by atoms with Crippen molar-refractivity contribution in [2.45, 2.75) is 6.54 Å². The highest BCUT2D eigenvalue weighted by Crippen LogP contribution is 1.90. The monoisotopic (exact) mass is 239 g/mol. The molecule has 0 unspecified atom stereocenters. The van der Waals surface area contributed by atoms with Gasteiger partial charge in [0.05, 0.1) is 0 Å². The van der Waals surface area contributed by atoms with Crippen molar-refractivity contribution in [2.24, 2.45) is 0 Å². The predicted octanol–water partition coefficient (Wildman–Crippen LogP) is -2.31. The Labute approximate surface area is 99.3 Å². The zero-order chi connectivity index (χ0) is 11.9. The number of piperazine rings is 1. The molecule has 0 aliphatic carbocycles. The molecule has 0 aromatic carbocycles. The molecule has 0 atom stereocenters. The maximum absolute atomic E-state index is 11.5. The third kappa shape index (κ3) is 4.08. The van der Waals surface area contributed by atoms with Crippen molar-refractivity contribution in [1.82, 2.24) is 35.7 Å². The van der Waals surface area contributed by atoms with E-state index in [4.69, 9.17) is 0 Å². The highest BCUT2D eigenvalue weighted by atomic mass is 16.2. The quantitative estimate of drug-likeness (QED) is 0.600. The van der Waals surface area contributed by atoms with Crippen LogP contribution in [0.4, 0.5) is 0 Å². The summed E-state index contributed by atoms with van der Waals surface area (Å²) in [5.74, 6) is -0.0626. The van der Waals surface area contributed by atoms with Crippen LogP contribution < -0.4 is 10.6 Å². The topological polar surface area (TPSA) is 88.0 Å². The average Bonchev–Trinajstić information content (AvgIpc) is 2.83. The lowest BCUT2D eigenvalue weighted by atomic mass is 10.3. The first kappa shape index (κ1) is 11.9. The Hall–Kier alpha value is -1.54. The molecule has 0 radical (unpaired) electrons. The van der Waals surface area contributed by atoms with E-state index in [9.17, 15) is 4.79 Å². The molecule has 0 spiro atoms. The number of hydrogen-bond donors (Lipinski definition) is 2. The van der Waals surface area contributed by atoms with Gasteiger partial charge in [-0.3, -0.25) is 9.69 Å². The molecule has 1 saturated heterocycles. The minimum absolute atomic E-state index is 0.0626. The fourth-order valence-electron chi connectivity index (χ4n) is 1.74. The molecule has 0 saturated carbocycles. The van der Waals surface area contributed by atoms with Crippen molar-refractivity contribution < 1.29 is 4.79 Å². The fraction of sp³-hybridized carbons (Fsp3) is 0.778. The summed E-state index contributed by atoms with van der Waals surface area (Å²) in [6.07, 6.45) is 1.43. The van der Waals surface area contributed by atoms with Crippen molar-refractivity contribution in [3.05, 3.63) is 6.33 Å². The second kappa shape index (κ2) is 6.26. The summed E-state index contributed by atoms with van der Waals surface area (Å²) in [6, 6.07) is 0. The number of tetrazole rings is 1. The van der Waals surface area contributed by atoms with Crippen LogP contribution in [-0.2, 0) is 11.3 Å². The van der Waals surface area contributed by atoms with Crippen LogP contribution in [0.15, 0.2) is 6.33 Å². The third-order valence-corrected chi connectivity index (χ3v) is 2.66. The zero-order valence-electron chi connectivity index (χ0n) is 9.67. The van der Waals surface area contributed by atoms with Crippen molar-refractivity contribution in [3.63, 3.8) is 0 Å². The van der Waals surface area contributed by atoms with E-state index in [1.54, 1.807) is 0 Å². The molecule has 1 amide bonds. The number of nitrogens with one attached hydrogen (secondary N) is 2. The van der Waals surface area contributed by atoms with Gasteiger partial charge in [0.2, 0.25) is 5.91 Å². The van der Waals surface area contributed by atoms with Gasteiger partial charge in [0.1, 0.15) is 12.9 Å². The van der Waals surface area contributed by atoms with Gasteiger partial charge < -0.3 is 10.6 Å². The van der Waals surface area contributed by atoms with E-state index >= 15 is 0 Å². The molecule has 94 valence electrons. The lowest BCUT2D eigenvalue weighted by Crippen LogP contribution is -2.46. The van der Waals surface area contributed by atoms with Crippen LogP contribution in [0, 0.1) is 0 Å². The number of rotatable bonds is 5. The average molecular weight is 239 g/mol. The fourth-order valence-corrected chi connectivity index (χ4v) is 1.74. The van der Waals surface area contributed by atoms with Crippen LogP contribution in [-0.4, -0.2) is 70.3 Å². The zero-order valence-corrected chi connectivity index (χ0v) is 9.67. The van der Waals surface area contributed by atoms with Gasteiger partial charge in [-0.2, -0.15) is 0 Å². The summed E-state index contributed by atoms with van der Waals surface area (Å²) in [7, 11) is 0. The smallest absolute Gasteiger partial charge is 0.241 e. The Balaban J connectivity index is 1.59. The Morgan fingerprint density at radius 3 is 2.94 bits per heavy atom. The number of carbonyl (C=O) groups is 1. The molecule has 2 rings (SSSR count). The summed E-state index contributed by atoms with van der Waals surface area (Å²) in [6.45, 7) is 5.88. The first-order valence-electron chi connectivity index (χ1n) is 5.75. The van der Waals surface area contributed by atoms with E-state index in [-0.39, 0.29) is 12.5 Å². The number of nitrogens with zero attached hydrogens (tertiary/aromatic N) is 5. The van der Waals surface area contributed by atoms with E-state index in [0.717, 1.165) is 32.7 Å². The van der Waals surface area contributed by atoms with Crippen LogP contribution in [0.3, 0.4) is 0 Å². The van der Waals surface area contributed by atoms with Gasteiger partial charge in [-0.15, -0.1) is 5.10 Å². The second-order valence-electron chi connectivity index (χ2n) is 3.95. The third-order valence-electron chi connectivity index (χ3n) is 2.66. The number of amides is 1. The van der Waals surface area contributed by atoms with E-state index < -0.39 is 0 Å². The van der Waals surface area contributed by atoms with Gasteiger partial charge in [-0.25, -0.2) is 4.68 Å². The molecule has 2 N–H and O–H groups in total.